The molecule has 0 N–H and O–H groups in total. The van der Waals surface area contributed by atoms with E-state index < -0.39 is 17.6 Å². The normalized spacial score (nSPS) is 11.3. The molecule has 0 bridgehead atoms. The minimum atomic E-state index is -4.58. The van der Waals surface area contributed by atoms with E-state index in [2.05, 4.69) is 9.97 Å². The third-order valence-electron chi connectivity index (χ3n) is 3.80. The number of halogens is 3. The highest BCUT2D eigenvalue weighted by molar-refractivity contribution is 5.65. The summed E-state index contributed by atoms with van der Waals surface area (Å²) in [6.45, 7) is 6.74. The Morgan fingerprint density at radius 2 is 1.81 bits per heavy atom. The molecule has 0 amide bonds. The highest BCUT2D eigenvalue weighted by Crippen LogP contribution is 2.37. The average Bonchev–Trinajstić information content (AvgIpc) is 2.63. The van der Waals surface area contributed by atoms with Gasteiger partial charge in [0.05, 0.1) is 18.9 Å². The molecule has 2 rings (SSSR count). The first kappa shape index (κ1) is 20.8. The van der Waals surface area contributed by atoms with Crippen molar-refractivity contribution in [2.24, 2.45) is 0 Å². The van der Waals surface area contributed by atoms with Crippen LogP contribution in [0.4, 0.5) is 24.8 Å². The molecule has 0 unspecified atom stereocenters. The van der Waals surface area contributed by atoms with E-state index in [1.54, 1.807) is 11.0 Å². The van der Waals surface area contributed by atoms with E-state index in [1.165, 1.54) is 0 Å². The first-order valence-electron chi connectivity index (χ1n) is 8.98. The lowest BCUT2D eigenvalue weighted by Crippen LogP contribution is -2.21. The van der Waals surface area contributed by atoms with Crippen LogP contribution in [0.25, 0.3) is 0 Å². The second-order valence-electron chi connectivity index (χ2n) is 5.73. The molecule has 0 aliphatic heterocycles. The SMILES string of the molecule is CCCCOc1nc(N(CC)c2ccccc2OCC)ncc1C(F)(F)F. The molecule has 0 saturated carbocycles. The fraction of sp³-hybridized carbons (Fsp3) is 0.474. The topological polar surface area (TPSA) is 47.5 Å². The van der Waals surface area contributed by atoms with Crippen LogP contribution in [0.5, 0.6) is 11.6 Å². The average molecular weight is 383 g/mol. The van der Waals surface area contributed by atoms with Crippen molar-refractivity contribution in [2.75, 3.05) is 24.7 Å². The predicted octanol–water partition coefficient (Wildman–Crippen LogP) is 5.23. The van der Waals surface area contributed by atoms with Crippen LogP contribution in [0.2, 0.25) is 0 Å². The van der Waals surface area contributed by atoms with Crippen molar-refractivity contribution in [3.05, 3.63) is 36.0 Å². The van der Waals surface area contributed by atoms with Crippen molar-refractivity contribution in [1.82, 2.24) is 9.97 Å². The number of nitrogens with zero attached hydrogens (tertiary/aromatic N) is 3. The molecule has 0 aliphatic rings. The van der Waals surface area contributed by atoms with Crippen molar-refractivity contribution in [2.45, 2.75) is 39.8 Å². The molecule has 8 heteroatoms. The Balaban J connectivity index is 2.45. The molecule has 1 heterocycles. The molecular weight excluding hydrogens is 359 g/mol. The standard InChI is InChI=1S/C19H24F3N3O2/c1-4-7-12-27-17-14(19(20,21)22)13-23-18(24-17)25(5-2)15-10-8-9-11-16(15)26-6-3/h8-11,13H,4-7,12H2,1-3H3. The maximum Gasteiger partial charge on any atom is 0.423 e. The van der Waals surface area contributed by atoms with Gasteiger partial charge in [-0.05, 0) is 32.4 Å². The molecular formula is C19H24F3N3O2. The van der Waals surface area contributed by atoms with Crippen molar-refractivity contribution < 1.29 is 22.6 Å². The number of benzene rings is 1. The minimum Gasteiger partial charge on any atom is -0.492 e. The Hall–Kier alpha value is -2.51. The van der Waals surface area contributed by atoms with Gasteiger partial charge in [0.25, 0.3) is 0 Å². The van der Waals surface area contributed by atoms with Crippen LogP contribution in [0.15, 0.2) is 30.5 Å². The van der Waals surface area contributed by atoms with E-state index in [0.29, 0.717) is 31.0 Å². The number of aromatic nitrogens is 2. The Bertz CT molecular complexity index is 738. The zero-order valence-corrected chi connectivity index (χ0v) is 15.7. The van der Waals surface area contributed by atoms with Crippen LogP contribution in [0.1, 0.15) is 39.2 Å². The molecule has 0 saturated heterocycles. The van der Waals surface area contributed by atoms with Crippen LogP contribution in [-0.2, 0) is 6.18 Å². The van der Waals surface area contributed by atoms with Gasteiger partial charge in [-0.15, -0.1) is 0 Å². The number of rotatable bonds is 9. The summed E-state index contributed by atoms with van der Waals surface area (Å²) in [5, 5.41) is 0. The molecule has 0 radical (unpaired) electrons. The van der Waals surface area contributed by atoms with E-state index in [9.17, 15) is 13.2 Å². The summed E-state index contributed by atoms with van der Waals surface area (Å²) in [5.74, 6) is 0.288. The van der Waals surface area contributed by atoms with Crippen LogP contribution in [0.3, 0.4) is 0 Å². The summed E-state index contributed by atoms with van der Waals surface area (Å²) in [6.07, 6.45) is -2.36. The van der Waals surface area contributed by atoms with Crippen molar-refractivity contribution in [3.8, 4) is 11.6 Å². The Morgan fingerprint density at radius 1 is 1.07 bits per heavy atom. The number of hydrogen-bond donors (Lipinski definition) is 0. The van der Waals surface area contributed by atoms with Gasteiger partial charge < -0.3 is 14.4 Å². The van der Waals surface area contributed by atoms with Crippen molar-refractivity contribution in [1.29, 1.82) is 0 Å². The van der Waals surface area contributed by atoms with Gasteiger partial charge in [0, 0.05) is 12.7 Å². The molecule has 0 fully saturated rings. The monoisotopic (exact) mass is 383 g/mol. The molecule has 2 aromatic rings. The third-order valence-corrected chi connectivity index (χ3v) is 3.80. The van der Waals surface area contributed by atoms with Gasteiger partial charge in [0.1, 0.15) is 11.3 Å². The van der Waals surface area contributed by atoms with E-state index in [4.69, 9.17) is 9.47 Å². The highest BCUT2D eigenvalue weighted by Gasteiger charge is 2.36. The number of para-hydroxylation sites is 2. The fourth-order valence-corrected chi connectivity index (χ4v) is 2.48. The highest BCUT2D eigenvalue weighted by atomic mass is 19.4. The molecule has 0 spiro atoms. The zero-order valence-electron chi connectivity index (χ0n) is 15.7. The van der Waals surface area contributed by atoms with E-state index in [-0.39, 0.29) is 12.6 Å². The summed E-state index contributed by atoms with van der Waals surface area (Å²) in [6, 6.07) is 7.26. The lowest BCUT2D eigenvalue weighted by Gasteiger charge is -2.24. The van der Waals surface area contributed by atoms with Gasteiger partial charge in [-0.2, -0.15) is 18.2 Å². The molecule has 148 valence electrons. The molecule has 5 nitrogen and oxygen atoms in total. The maximum absolute atomic E-state index is 13.3. The fourth-order valence-electron chi connectivity index (χ4n) is 2.48. The number of hydrogen-bond acceptors (Lipinski definition) is 5. The second kappa shape index (κ2) is 9.43. The maximum atomic E-state index is 13.3. The second-order valence-corrected chi connectivity index (χ2v) is 5.73. The summed E-state index contributed by atoms with van der Waals surface area (Å²) in [4.78, 5) is 9.71. The Morgan fingerprint density at radius 3 is 2.44 bits per heavy atom. The quantitative estimate of drug-likeness (QED) is 0.555. The van der Waals surface area contributed by atoms with Gasteiger partial charge in [0.15, 0.2) is 0 Å². The molecule has 27 heavy (non-hydrogen) atoms. The van der Waals surface area contributed by atoms with Crippen LogP contribution in [-0.4, -0.2) is 29.7 Å². The number of ether oxygens (including phenoxy) is 2. The van der Waals surface area contributed by atoms with E-state index in [1.807, 2.05) is 39.0 Å². The predicted molar refractivity (Wildman–Crippen MR) is 97.7 cm³/mol. The molecule has 1 aromatic heterocycles. The molecule has 0 atom stereocenters. The van der Waals surface area contributed by atoms with Crippen molar-refractivity contribution in [3.63, 3.8) is 0 Å². The summed E-state index contributed by atoms with van der Waals surface area (Å²) in [5.41, 5.74) is -0.294. The summed E-state index contributed by atoms with van der Waals surface area (Å²) < 4.78 is 50.7. The largest absolute Gasteiger partial charge is 0.492 e. The summed E-state index contributed by atoms with van der Waals surface area (Å²) >= 11 is 0. The number of alkyl halides is 3. The van der Waals surface area contributed by atoms with Gasteiger partial charge in [0.2, 0.25) is 11.8 Å². The lowest BCUT2D eigenvalue weighted by molar-refractivity contribution is -0.139. The Kier molecular flexibility index (Phi) is 7.27. The van der Waals surface area contributed by atoms with Crippen molar-refractivity contribution >= 4 is 11.6 Å². The van der Waals surface area contributed by atoms with Crippen LogP contribution >= 0.6 is 0 Å². The van der Waals surface area contributed by atoms with Gasteiger partial charge in [-0.1, -0.05) is 25.5 Å². The smallest absolute Gasteiger partial charge is 0.423 e. The van der Waals surface area contributed by atoms with E-state index >= 15 is 0 Å². The van der Waals surface area contributed by atoms with Gasteiger partial charge in [-0.25, -0.2) is 4.98 Å². The zero-order chi connectivity index (χ0) is 19.9. The van der Waals surface area contributed by atoms with Gasteiger partial charge in [-0.3, -0.25) is 0 Å². The van der Waals surface area contributed by atoms with Crippen LogP contribution in [0, 0.1) is 0 Å². The van der Waals surface area contributed by atoms with Gasteiger partial charge >= 0.3 is 6.18 Å². The first-order chi connectivity index (χ1) is 12.9. The lowest BCUT2D eigenvalue weighted by atomic mass is 10.2. The molecule has 1 aromatic carbocycles. The third kappa shape index (κ3) is 5.24. The van der Waals surface area contributed by atoms with Crippen LogP contribution < -0.4 is 14.4 Å². The summed E-state index contributed by atoms with van der Waals surface area (Å²) in [7, 11) is 0. The number of unbranched alkanes of at least 4 members (excludes halogenated alkanes) is 1. The number of anilines is 2. The first-order valence-corrected chi connectivity index (χ1v) is 8.98. The minimum absolute atomic E-state index is 0.129. The molecule has 0 aliphatic carbocycles. The Labute approximate surface area is 157 Å². The van der Waals surface area contributed by atoms with E-state index in [0.717, 1.165) is 12.6 Å².